The number of nitrogens with one attached hydrogen (secondary N) is 1. The first-order valence-electron chi connectivity index (χ1n) is 7.97. The third kappa shape index (κ3) is 6.25. The van der Waals surface area contributed by atoms with Crippen LogP contribution in [0.1, 0.15) is 20.3 Å². The molecule has 0 atom stereocenters. The van der Waals surface area contributed by atoms with E-state index < -0.39 is 4.92 Å². The average Bonchev–Trinajstić information content (AvgIpc) is 2.54. The number of nitro groups is 1. The molecule has 0 aromatic carbocycles. The fourth-order valence-corrected chi connectivity index (χ4v) is 2.10. The lowest BCUT2D eigenvalue weighted by Gasteiger charge is -2.23. The molecule has 1 N–H and O–H groups in total. The Labute approximate surface area is 142 Å². The van der Waals surface area contributed by atoms with E-state index in [0.717, 1.165) is 6.42 Å². The van der Waals surface area contributed by atoms with Gasteiger partial charge in [-0.2, -0.15) is 0 Å². The van der Waals surface area contributed by atoms with Crippen LogP contribution in [0.4, 0.5) is 17.3 Å². The number of ether oxygens (including phenoxy) is 2. The Bertz CT molecular complexity index is 505. The minimum absolute atomic E-state index is 0.117. The maximum atomic E-state index is 11.6. The van der Waals surface area contributed by atoms with Crippen molar-refractivity contribution in [3.05, 3.63) is 16.4 Å². The van der Waals surface area contributed by atoms with E-state index in [-0.39, 0.29) is 17.3 Å². The highest BCUT2D eigenvalue weighted by Gasteiger charge is 2.26. The number of aromatic nitrogens is 2. The minimum Gasteiger partial charge on any atom is -0.383 e. The van der Waals surface area contributed by atoms with E-state index in [0.29, 0.717) is 38.8 Å². The third-order valence-corrected chi connectivity index (χ3v) is 3.43. The largest absolute Gasteiger partial charge is 0.383 e. The summed E-state index contributed by atoms with van der Waals surface area (Å²) in [5, 5.41) is 14.6. The van der Waals surface area contributed by atoms with Gasteiger partial charge in [0.25, 0.3) is 0 Å². The molecule has 0 aliphatic carbocycles. The van der Waals surface area contributed by atoms with Crippen LogP contribution in [0.5, 0.6) is 0 Å². The van der Waals surface area contributed by atoms with Crippen LogP contribution in [-0.4, -0.2) is 62.0 Å². The van der Waals surface area contributed by atoms with Gasteiger partial charge in [0.2, 0.25) is 11.6 Å². The van der Waals surface area contributed by atoms with Crippen LogP contribution < -0.4 is 10.2 Å². The van der Waals surface area contributed by atoms with Gasteiger partial charge in [0, 0.05) is 33.9 Å². The summed E-state index contributed by atoms with van der Waals surface area (Å²) in [4.78, 5) is 21.1. The lowest BCUT2D eigenvalue weighted by molar-refractivity contribution is -0.383. The van der Waals surface area contributed by atoms with Crippen molar-refractivity contribution in [3.8, 4) is 0 Å². The van der Waals surface area contributed by atoms with Gasteiger partial charge < -0.3 is 19.7 Å². The van der Waals surface area contributed by atoms with Crippen molar-refractivity contribution in [2.24, 2.45) is 5.92 Å². The van der Waals surface area contributed by atoms with Crippen LogP contribution in [0.15, 0.2) is 6.33 Å². The van der Waals surface area contributed by atoms with Gasteiger partial charge in [-0.15, -0.1) is 0 Å². The summed E-state index contributed by atoms with van der Waals surface area (Å²) < 4.78 is 10.2. The predicted molar refractivity (Wildman–Crippen MR) is 92.6 cm³/mol. The van der Waals surface area contributed by atoms with Crippen molar-refractivity contribution in [1.29, 1.82) is 0 Å². The number of anilines is 2. The fourth-order valence-electron chi connectivity index (χ4n) is 2.10. The topological polar surface area (TPSA) is 103 Å². The zero-order chi connectivity index (χ0) is 17.9. The highest BCUT2D eigenvalue weighted by atomic mass is 16.6. The molecule has 0 aliphatic heterocycles. The Morgan fingerprint density at radius 3 is 2.38 bits per heavy atom. The molecular formula is C15H27N5O4. The van der Waals surface area contributed by atoms with Gasteiger partial charge in [-0.05, 0) is 12.3 Å². The van der Waals surface area contributed by atoms with E-state index >= 15 is 0 Å². The summed E-state index contributed by atoms with van der Waals surface area (Å²) in [6.07, 6.45) is 2.24. The zero-order valence-electron chi connectivity index (χ0n) is 14.8. The van der Waals surface area contributed by atoms with Crippen molar-refractivity contribution in [3.63, 3.8) is 0 Å². The molecule has 0 bridgehead atoms. The summed E-state index contributed by atoms with van der Waals surface area (Å²) in [5.74, 6) is 1.01. The second-order valence-electron chi connectivity index (χ2n) is 5.73. The van der Waals surface area contributed by atoms with E-state index in [1.807, 2.05) is 0 Å². The highest BCUT2D eigenvalue weighted by Crippen LogP contribution is 2.31. The number of hydrogen-bond acceptors (Lipinski definition) is 8. The molecule has 0 amide bonds. The first kappa shape index (κ1) is 20.0. The van der Waals surface area contributed by atoms with Gasteiger partial charge >= 0.3 is 5.69 Å². The minimum atomic E-state index is -0.445. The van der Waals surface area contributed by atoms with Crippen LogP contribution in [0.3, 0.4) is 0 Å². The fraction of sp³-hybridized carbons (Fsp3) is 0.733. The van der Waals surface area contributed by atoms with E-state index in [1.165, 1.54) is 6.33 Å². The molecule has 1 aromatic rings. The molecule has 136 valence electrons. The Hall–Kier alpha value is -2.00. The van der Waals surface area contributed by atoms with Gasteiger partial charge in [0.1, 0.15) is 6.33 Å². The molecule has 0 unspecified atom stereocenters. The van der Waals surface area contributed by atoms with Crippen LogP contribution in [0, 0.1) is 16.0 Å². The quantitative estimate of drug-likeness (QED) is 0.454. The van der Waals surface area contributed by atoms with Crippen molar-refractivity contribution in [2.75, 3.05) is 57.3 Å². The van der Waals surface area contributed by atoms with Gasteiger partial charge in [-0.25, -0.2) is 9.97 Å². The standard InChI is InChI=1S/C15H27N5O4/c1-12(2)5-6-16-14-13(20(21)22)15(18-11-17-14)19(7-9-23-3)8-10-24-4/h11-12H,5-10H2,1-4H3,(H,16,17,18). The van der Waals surface area contributed by atoms with Gasteiger partial charge in [0.15, 0.2) is 0 Å². The highest BCUT2D eigenvalue weighted by molar-refractivity contribution is 5.70. The third-order valence-electron chi connectivity index (χ3n) is 3.43. The number of rotatable bonds is 12. The lowest BCUT2D eigenvalue weighted by atomic mass is 10.1. The molecule has 1 aromatic heterocycles. The van der Waals surface area contributed by atoms with Crippen molar-refractivity contribution < 1.29 is 14.4 Å². The molecule has 9 nitrogen and oxygen atoms in total. The number of hydrogen-bond donors (Lipinski definition) is 1. The summed E-state index contributed by atoms with van der Waals surface area (Å²) in [5.41, 5.74) is -0.117. The maximum Gasteiger partial charge on any atom is 0.353 e. The number of methoxy groups -OCH3 is 2. The maximum absolute atomic E-state index is 11.6. The first-order valence-corrected chi connectivity index (χ1v) is 7.97. The molecule has 9 heteroatoms. The van der Waals surface area contributed by atoms with E-state index in [9.17, 15) is 10.1 Å². The molecule has 1 rings (SSSR count). The molecule has 0 spiro atoms. The van der Waals surface area contributed by atoms with Gasteiger partial charge in [-0.3, -0.25) is 10.1 Å². The Morgan fingerprint density at radius 2 is 1.88 bits per heavy atom. The molecule has 0 fully saturated rings. The summed E-state index contributed by atoms with van der Waals surface area (Å²) in [6, 6.07) is 0. The SMILES string of the molecule is COCCN(CCOC)c1ncnc(NCCC(C)C)c1[N+](=O)[O-]. The molecule has 0 saturated carbocycles. The molecular weight excluding hydrogens is 314 g/mol. The normalized spacial score (nSPS) is 10.9. The van der Waals surface area contributed by atoms with E-state index in [1.54, 1.807) is 19.1 Å². The van der Waals surface area contributed by atoms with Crippen molar-refractivity contribution in [2.45, 2.75) is 20.3 Å². The molecule has 0 radical (unpaired) electrons. The van der Waals surface area contributed by atoms with Gasteiger partial charge in [-0.1, -0.05) is 13.8 Å². The van der Waals surface area contributed by atoms with Gasteiger partial charge in [0.05, 0.1) is 18.1 Å². The van der Waals surface area contributed by atoms with Crippen molar-refractivity contribution >= 4 is 17.3 Å². The Morgan fingerprint density at radius 1 is 1.25 bits per heavy atom. The van der Waals surface area contributed by atoms with Crippen LogP contribution in [-0.2, 0) is 9.47 Å². The van der Waals surface area contributed by atoms with Crippen LogP contribution >= 0.6 is 0 Å². The average molecular weight is 341 g/mol. The predicted octanol–water partition coefficient (Wildman–Crippen LogP) is 1.94. The first-order chi connectivity index (χ1) is 11.5. The Kier molecular flexibility index (Phi) is 8.95. The second-order valence-corrected chi connectivity index (χ2v) is 5.73. The smallest absolute Gasteiger partial charge is 0.353 e. The second kappa shape index (κ2) is 10.7. The molecule has 0 saturated heterocycles. The summed E-state index contributed by atoms with van der Waals surface area (Å²) in [6.45, 7) is 6.62. The number of nitrogens with zero attached hydrogens (tertiary/aromatic N) is 4. The van der Waals surface area contributed by atoms with E-state index in [2.05, 4.69) is 29.1 Å². The lowest BCUT2D eigenvalue weighted by Crippen LogP contribution is -2.32. The molecule has 1 heterocycles. The monoisotopic (exact) mass is 341 g/mol. The zero-order valence-corrected chi connectivity index (χ0v) is 14.8. The summed E-state index contributed by atoms with van der Waals surface area (Å²) >= 11 is 0. The van der Waals surface area contributed by atoms with E-state index in [4.69, 9.17) is 9.47 Å². The van der Waals surface area contributed by atoms with Crippen LogP contribution in [0.2, 0.25) is 0 Å². The summed E-state index contributed by atoms with van der Waals surface area (Å²) in [7, 11) is 3.17. The van der Waals surface area contributed by atoms with Crippen molar-refractivity contribution in [1.82, 2.24) is 9.97 Å². The molecule has 0 aliphatic rings. The molecule has 24 heavy (non-hydrogen) atoms. The Balaban J connectivity index is 3.06. The van der Waals surface area contributed by atoms with Crippen LogP contribution in [0.25, 0.3) is 0 Å².